The van der Waals surface area contributed by atoms with Gasteiger partial charge in [0.05, 0.1) is 18.1 Å². The van der Waals surface area contributed by atoms with Crippen LogP contribution in [0.4, 0.5) is 0 Å². The van der Waals surface area contributed by atoms with Gasteiger partial charge in [0.15, 0.2) is 5.60 Å². The first kappa shape index (κ1) is 18.7. The number of hydrogen-bond acceptors (Lipinski definition) is 5. The molecular weight excluding hydrogens is 369 g/mol. The maximum atomic E-state index is 13.4. The van der Waals surface area contributed by atoms with Crippen LogP contribution in [0.5, 0.6) is 5.75 Å². The van der Waals surface area contributed by atoms with Gasteiger partial charge in [-0.05, 0) is 43.4 Å². The van der Waals surface area contributed by atoms with Gasteiger partial charge in [-0.15, -0.1) is 0 Å². The van der Waals surface area contributed by atoms with Crippen LogP contribution in [0.1, 0.15) is 48.8 Å². The SMILES string of the molecule is C[C@@]12CC[C@@](C(=O)N[C@@H](C[C@@H]3COc4ccccc43)B(O)O)(O1)c1ccccc12. The molecule has 1 amide bonds. The molecule has 3 heterocycles. The van der Waals surface area contributed by atoms with Crippen molar-refractivity contribution in [2.75, 3.05) is 6.61 Å². The van der Waals surface area contributed by atoms with Crippen LogP contribution in [0.2, 0.25) is 0 Å². The second-order valence-corrected chi connectivity index (χ2v) is 8.48. The van der Waals surface area contributed by atoms with Crippen LogP contribution in [0.25, 0.3) is 0 Å². The number of fused-ring (bicyclic) bond motifs is 6. The normalized spacial score (nSPS) is 29.7. The topological polar surface area (TPSA) is 88.0 Å². The molecule has 1 saturated heterocycles. The molecule has 1 fully saturated rings. The van der Waals surface area contributed by atoms with E-state index in [-0.39, 0.29) is 11.8 Å². The van der Waals surface area contributed by atoms with E-state index < -0.39 is 24.3 Å². The predicted octanol–water partition coefficient (Wildman–Crippen LogP) is 1.98. The average molecular weight is 393 g/mol. The van der Waals surface area contributed by atoms with Crippen molar-refractivity contribution in [3.8, 4) is 5.75 Å². The summed E-state index contributed by atoms with van der Waals surface area (Å²) in [5.74, 6) is -0.328. The van der Waals surface area contributed by atoms with Crippen molar-refractivity contribution < 1.29 is 24.3 Å². The Morgan fingerprint density at radius 2 is 1.90 bits per heavy atom. The van der Waals surface area contributed by atoms with Crippen LogP contribution in [-0.4, -0.2) is 35.6 Å². The monoisotopic (exact) mass is 393 g/mol. The van der Waals surface area contributed by atoms with Crippen LogP contribution in [0.3, 0.4) is 0 Å². The van der Waals surface area contributed by atoms with Gasteiger partial charge in [-0.1, -0.05) is 42.5 Å². The lowest BCUT2D eigenvalue weighted by atomic mass is 9.72. The first-order valence-corrected chi connectivity index (χ1v) is 10.1. The van der Waals surface area contributed by atoms with Crippen LogP contribution in [0.15, 0.2) is 48.5 Å². The molecule has 0 aliphatic carbocycles. The summed E-state index contributed by atoms with van der Waals surface area (Å²) in [6.45, 7) is 2.47. The minimum Gasteiger partial charge on any atom is -0.493 e. The van der Waals surface area contributed by atoms with E-state index in [4.69, 9.17) is 9.47 Å². The van der Waals surface area contributed by atoms with Gasteiger partial charge < -0.3 is 24.8 Å². The van der Waals surface area contributed by atoms with Crippen molar-refractivity contribution in [3.63, 3.8) is 0 Å². The van der Waals surface area contributed by atoms with E-state index in [2.05, 4.69) is 5.32 Å². The molecule has 0 spiro atoms. The Bertz CT molecular complexity index is 966. The van der Waals surface area contributed by atoms with Crippen LogP contribution < -0.4 is 10.1 Å². The summed E-state index contributed by atoms with van der Waals surface area (Å²) >= 11 is 0. The summed E-state index contributed by atoms with van der Waals surface area (Å²) < 4.78 is 12.0. The molecule has 2 aromatic carbocycles. The Hall–Kier alpha value is -2.35. The van der Waals surface area contributed by atoms with Crippen molar-refractivity contribution in [1.82, 2.24) is 5.32 Å². The van der Waals surface area contributed by atoms with Gasteiger partial charge in [-0.2, -0.15) is 0 Å². The summed E-state index contributed by atoms with van der Waals surface area (Å²) in [5, 5.41) is 22.8. The fraction of sp³-hybridized carbons (Fsp3) is 0.409. The highest BCUT2D eigenvalue weighted by Gasteiger charge is 2.61. The third kappa shape index (κ3) is 2.80. The number of carbonyl (C=O) groups excluding carboxylic acids is 1. The zero-order valence-corrected chi connectivity index (χ0v) is 16.3. The number of benzene rings is 2. The van der Waals surface area contributed by atoms with Gasteiger partial charge in [-0.25, -0.2) is 0 Å². The molecule has 3 aliphatic heterocycles. The highest BCUT2D eigenvalue weighted by atomic mass is 16.5. The van der Waals surface area contributed by atoms with Gasteiger partial charge >= 0.3 is 7.12 Å². The highest BCUT2D eigenvalue weighted by Crippen LogP contribution is 2.58. The third-order valence-corrected chi connectivity index (χ3v) is 6.67. The number of nitrogens with one attached hydrogen (secondary N) is 1. The fourth-order valence-electron chi connectivity index (χ4n) is 5.13. The molecule has 0 aromatic heterocycles. The minimum absolute atomic E-state index is 0.0126. The second kappa shape index (κ2) is 6.59. The number of hydrogen-bond donors (Lipinski definition) is 3. The van der Waals surface area contributed by atoms with Crippen molar-refractivity contribution in [3.05, 3.63) is 65.2 Å². The fourth-order valence-corrected chi connectivity index (χ4v) is 5.13. The lowest BCUT2D eigenvalue weighted by Gasteiger charge is -2.29. The zero-order chi connectivity index (χ0) is 20.2. The van der Waals surface area contributed by atoms with E-state index in [9.17, 15) is 14.8 Å². The van der Waals surface area contributed by atoms with Gasteiger partial charge in [0, 0.05) is 11.5 Å². The molecule has 150 valence electrons. The number of ether oxygens (including phenoxy) is 2. The molecule has 5 rings (SSSR count). The minimum atomic E-state index is -1.67. The van der Waals surface area contributed by atoms with Crippen molar-refractivity contribution in [1.29, 1.82) is 0 Å². The molecule has 6 nitrogen and oxygen atoms in total. The molecule has 29 heavy (non-hydrogen) atoms. The summed E-state index contributed by atoms with van der Waals surface area (Å²) in [6.07, 6.45) is 1.71. The highest BCUT2D eigenvalue weighted by molar-refractivity contribution is 6.43. The molecule has 0 radical (unpaired) electrons. The van der Waals surface area contributed by atoms with E-state index in [1.807, 2.05) is 55.5 Å². The first-order chi connectivity index (χ1) is 13.9. The number of rotatable bonds is 5. The van der Waals surface area contributed by atoms with Crippen molar-refractivity contribution in [2.24, 2.45) is 0 Å². The Labute approximate surface area is 170 Å². The third-order valence-electron chi connectivity index (χ3n) is 6.67. The van der Waals surface area contributed by atoms with Gasteiger partial charge in [-0.3, -0.25) is 4.79 Å². The molecule has 7 heteroatoms. The van der Waals surface area contributed by atoms with Crippen LogP contribution >= 0.6 is 0 Å². The number of carbonyl (C=O) groups is 1. The molecule has 0 saturated carbocycles. The molecule has 3 N–H and O–H groups in total. The Morgan fingerprint density at radius 3 is 2.69 bits per heavy atom. The van der Waals surface area contributed by atoms with E-state index in [1.54, 1.807) is 0 Å². The van der Waals surface area contributed by atoms with E-state index in [0.717, 1.165) is 28.9 Å². The van der Waals surface area contributed by atoms with E-state index in [1.165, 1.54) is 0 Å². The molecular formula is C22H24BNO5. The van der Waals surface area contributed by atoms with E-state index >= 15 is 0 Å². The van der Waals surface area contributed by atoms with Gasteiger partial charge in [0.1, 0.15) is 5.75 Å². The van der Waals surface area contributed by atoms with Crippen LogP contribution in [-0.2, 0) is 20.7 Å². The number of para-hydroxylation sites is 1. The Morgan fingerprint density at radius 1 is 1.17 bits per heavy atom. The molecule has 0 unspecified atom stereocenters. The van der Waals surface area contributed by atoms with Gasteiger partial charge in [0.25, 0.3) is 5.91 Å². The van der Waals surface area contributed by atoms with Crippen molar-refractivity contribution >= 4 is 13.0 Å². The lowest BCUT2D eigenvalue weighted by Crippen LogP contribution is -2.53. The second-order valence-electron chi connectivity index (χ2n) is 8.48. The quantitative estimate of drug-likeness (QED) is 0.677. The summed E-state index contributed by atoms with van der Waals surface area (Å²) in [4.78, 5) is 13.4. The standard InChI is InChI=1S/C22H24BNO5/c1-21-10-11-22(29-21,17-8-4-3-7-16(17)21)20(25)24-19(23(26)27)12-14-13-28-18-9-5-2-6-15(14)18/h2-9,14,19,26-27H,10-13H2,1H3,(H,24,25)/t14-,19+,21+,22-/m1/s1. The summed E-state index contributed by atoms with van der Waals surface area (Å²) in [7, 11) is -1.67. The summed E-state index contributed by atoms with van der Waals surface area (Å²) in [6, 6.07) is 15.5. The molecule has 2 bridgehead atoms. The zero-order valence-electron chi connectivity index (χ0n) is 16.3. The van der Waals surface area contributed by atoms with Crippen molar-refractivity contribution in [2.45, 2.75) is 49.2 Å². The molecule has 3 aliphatic rings. The maximum absolute atomic E-state index is 13.4. The molecule has 4 atom stereocenters. The molecule has 2 aromatic rings. The van der Waals surface area contributed by atoms with Gasteiger partial charge in [0.2, 0.25) is 0 Å². The maximum Gasteiger partial charge on any atom is 0.475 e. The number of amides is 1. The average Bonchev–Trinajstić information content (AvgIpc) is 3.37. The Balaban J connectivity index is 1.38. The first-order valence-electron chi connectivity index (χ1n) is 10.1. The largest absolute Gasteiger partial charge is 0.493 e. The smallest absolute Gasteiger partial charge is 0.475 e. The lowest BCUT2D eigenvalue weighted by molar-refractivity contribution is -0.151. The summed E-state index contributed by atoms with van der Waals surface area (Å²) in [5.41, 5.74) is 1.41. The Kier molecular flexibility index (Phi) is 4.24. The van der Waals surface area contributed by atoms with E-state index in [0.29, 0.717) is 19.4 Å². The predicted molar refractivity (Wildman–Crippen MR) is 107 cm³/mol. The van der Waals surface area contributed by atoms with Crippen LogP contribution in [0, 0.1) is 0 Å².